The van der Waals surface area contributed by atoms with Crippen LogP contribution >= 0.6 is 23.1 Å². The van der Waals surface area contributed by atoms with Crippen LogP contribution in [-0.4, -0.2) is 38.2 Å². The molecule has 1 saturated carbocycles. The van der Waals surface area contributed by atoms with E-state index in [9.17, 15) is 9.59 Å². The molecule has 0 aliphatic heterocycles. The minimum absolute atomic E-state index is 0.0335. The van der Waals surface area contributed by atoms with Gasteiger partial charge in [-0.05, 0) is 51.5 Å². The van der Waals surface area contributed by atoms with Gasteiger partial charge in [-0.25, -0.2) is 4.98 Å². The molecule has 0 unspecified atom stereocenters. The van der Waals surface area contributed by atoms with E-state index in [0.29, 0.717) is 11.2 Å². The third kappa shape index (κ3) is 3.52. The summed E-state index contributed by atoms with van der Waals surface area (Å²) in [5, 5.41) is 1.21. The van der Waals surface area contributed by atoms with E-state index in [2.05, 4.69) is 6.92 Å². The molecule has 0 radical (unpaired) electrons. The molecule has 0 saturated heterocycles. The van der Waals surface area contributed by atoms with Gasteiger partial charge in [-0.2, -0.15) is 0 Å². The summed E-state index contributed by atoms with van der Waals surface area (Å²) in [6, 6.07) is 0.369. The van der Waals surface area contributed by atoms with Gasteiger partial charge in [0.25, 0.3) is 5.56 Å². The highest BCUT2D eigenvalue weighted by Crippen LogP contribution is 2.36. The highest BCUT2D eigenvalue weighted by molar-refractivity contribution is 8.00. The molecule has 0 N–H and O–H groups in total. The second kappa shape index (κ2) is 8.19. The van der Waals surface area contributed by atoms with E-state index < -0.39 is 0 Å². The molecule has 2 aliphatic carbocycles. The summed E-state index contributed by atoms with van der Waals surface area (Å²) in [6.45, 7) is 4.76. The lowest BCUT2D eigenvalue weighted by Crippen LogP contribution is -2.44. The number of thioether (sulfide) groups is 1. The molecule has 1 amide bonds. The van der Waals surface area contributed by atoms with E-state index >= 15 is 0 Å². The number of thiophene rings is 1. The largest absolute Gasteiger partial charge is 0.339 e. The second-order valence-corrected chi connectivity index (χ2v) is 10.4. The molecule has 0 bridgehead atoms. The van der Waals surface area contributed by atoms with Crippen molar-refractivity contribution in [3.63, 3.8) is 0 Å². The van der Waals surface area contributed by atoms with Gasteiger partial charge in [0.05, 0.1) is 10.6 Å². The first-order valence-corrected chi connectivity index (χ1v) is 12.2. The lowest BCUT2D eigenvalue weighted by molar-refractivity contribution is -0.133. The summed E-state index contributed by atoms with van der Waals surface area (Å²) < 4.78 is 1.64. The molecule has 0 aromatic carbocycles. The molecule has 5 nitrogen and oxygen atoms in total. The average Bonchev–Trinajstić information content (AvgIpc) is 3.28. The minimum atomic E-state index is -0.246. The number of hydrogen-bond donors (Lipinski definition) is 0. The van der Waals surface area contributed by atoms with Crippen LogP contribution in [0.5, 0.6) is 0 Å². The first-order chi connectivity index (χ1) is 13.5. The van der Waals surface area contributed by atoms with E-state index in [-0.39, 0.29) is 16.7 Å². The first-order valence-electron chi connectivity index (χ1n) is 10.5. The maximum Gasteiger partial charge on any atom is 0.262 e. The number of amides is 1. The zero-order valence-electron chi connectivity index (χ0n) is 17.0. The van der Waals surface area contributed by atoms with Crippen LogP contribution in [0.2, 0.25) is 0 Å². The van der Waals surface area contributed by atoms with Crippen LogP contribution in [0.15, 0.2) is 9.95 Å². The topological polar surface area (TPSA) is 55.2 Å². The van der Waals surface area contributed by atoms with Crippen molar-refractivity contribution in [2.75, 3.05) is 6.54 Å². The quantitative estimate of drug-likeness (QED) is 0.540. The molecule has 1 atom stereocenters. The lowest BCUT2D eigenvalue weighted by atomic mass is 9.94. The lowest BCUT2D eigenvalue weighted by Gasteiger charge is -2.35. The van der Waals surface area contributed by atoms with Gasteiger partial charge in [-0.3, -0.25) is 14.2 Å². The van der Waals surface area contributed by atoms with Gasteiger partial charge >= 0.3 is 0 Å². The zero-order chi connectivity index (χ0) is 19.8. The van der Waals surface area contributed by atoms with Gasteiger partial charge in [0.15, 0.2) is 5.16 Å². The molecule has 0 spiro atoms. The number of fused-ring (bicyclic) bond motifs is 3. The van der Waals surface area contributed by atoms with Crippen LogP contribution in [0.25, 0.3) is 10.2 Å². The van der Waals surface area contributed by atoms with Crippen molar-refractivity contribution in [2.45, 2.75) is 81.7 Å². The van der Waals surface area contributed by atoms with Crippen molar-refractivity contribution < 1.29 is 4.79 Å². The molecule has 152 valence electrons. The number of aryl methyl sites for hydroxylation is 2. The minimum Gasteiger partial charge on any atom is -0.339 e. The Morgan fingerprint density at radius 3 is 2.75 bits per heavy atom. The van der Waals surface area contributed by atoms with E-state index in [1.54, 1.807) is 23.0 Å². The number of aromatic nitrogens is 2. The SMILES string of the molecule is CCN(C(=O)[C@@H](C)Sc1nc2sc3c(c2c(=O)n1C)CCC3)C1CCCCC1. The van der Waals surface area contributed by atoms with Crippen molar-refractivity contribution >= 4 is 39.2 Å². The van der Waals surface area contributed by atoms with E-state index in [1.807, 2.05) is 11.8 Å². The number of nitrogens with zero attached hydrogens (tertiary/aromatic N) is 3. The fourth-order valence-corrected chi connectivity index (χ4v) is 6.89. The highest BCUT2D eigenvalue weighted by atomic mass is 32.2. The monoisotopic (exact) mass is 419 g/mol. The van der Waals surface area contributed by atoms with Crippen LogP contribution in [0.1, 0.15) is 62.8 Å². The molecule has 1 fully saturated rings. The van der Waals surface area contributed by atoms with Crippen molar-refractivity contribution in [1.29, 1.82) is 0 Å². The van der Waals surface area contributed by atoms with Gasteiger partial charge in [0.2, 0.25) is 5.91 Å². The van der Waals surface area contributed by atoms with Crippen LogP contribution < -0.4 is 5.56 Å². The van der Waals surface area contributed by atoms with Gasteiger partial charge in [-0.1, -0.05) is 31.0 Å². The Bertz CT molecular complexity index is 943. The summed E-state index contributed by atoms with van der Waals surface area (Å²) in [4.78, 5) is 35.1. The average molecular weight is 420 g/mol. The molecule has 2 aromatic heterocycles. The molecular weight excluding hydrogens is 390 g/mol. The molecule has 7 heteroatoms. The summed E-state index contributed by atoms with van der Waals surface area (Å²) in [5.74, 6) is 0.169. The Hall–Kier alpha value is -1.34. The maximum absolute atomic E-state index is 13.1. The Kier molecular flexibility index (Phi) is 5.83. The van der Waals surface area contributed by atoms with Crippen LogP contribution in [-0.2, 0) is 24.7 Å². The summed E-state index contributed by atoms with van der Waals surface area (Å²) >= 11 is 3.08. The van der Waals surface area contributed by atoms with E-state index in [1.165, 1.54) is 41.5 Å². The van der Waals surface area contributed by atoms with Crippen LogP contribution in [0, 0.1) is 0 Å². The number of carbonyl (C=O) groups is 1. The molecule has 28 heavy (non-hydrogen) atoms. The fraction of sp³-hybridized carbons (Fsp3) is 0.667. The summed E-state index contributed by atoms with van der Waals surface area (Å²) in [6.07, 6.45) is 9.11. The number of rotatable bonds is 5. The Morgan fingerprint density at radius 1 is 1.29 bits per heavy atom. The Labute approximate surface area is 174 Å². The fourth-order valence-electron chi connectivity index (χ4n) is 4.64. The summed E-state index contributed by atoms with van der Waals surface area (Å²) in [7, 11) is 1.78. The maximum atomic E-state index is 13.1. The first kappa shape index (κ1) is 20.0. The predicted octanol–water partition coefficient (Wildman–Crippen LogP) is 4.15. The number of hydrogen-bond acceptors (Lipinski definition) is 5. The van der Waals surface area contributed by atoms with Gasteiger partial charge < -0.3 is 4.90 Å². The standard InChI is InChI=1S/C21H29N3O2S2/c1-4-24(14-9-6-5-7-10-14)19(25)13(2)27-21-22-18-17(20(26)23(21)3)15-11-8-12-16(15)28-18/h13-14H,4-12H2,1-3H3/t13-/m1/s1. The number of carbonyl (C=O) groups excluding carboxylic acids is 1. The molecule has 2 aromatic rings. The van der Waals surface area contributed by atoms with E-state index in [4.69, 9.17) is 4.98 Å². The van der Waals surface area contributed by atoms with Crippen molar-refractivity contribution in [1.82, 2.24) is 14.5 Å². The van der Waals surface area contributed by atoms with Crippen LogP contribution in [0.4, 0.5) is 0 Å². The normalized spacial score (nSPS) is 18.4. The predicted molar refractivity (Wildman–Crippen MR) is 116 cm³/mol. The van der Waals surface area contributed by atoms with Crippen molar-refractivity contribution in [3.8, 4) is 0 Å². The molecular formula is C21H29N3O2S2. The Balaban J connectivity index is 1.57. The van der Waals surface area contributed by atoms with Crippen LogP contribution in [0.3, 0.4) is 0 Å². The molecule has 2 aliphatic rings. The summed E-state index contributed by atoms with van der Waals surface area (Å²) in [5.41, 5.74) is 1.24. The highest BCUT2D eigenvalue weighted by Gasteiger charge is 2.29. The van der Waals surface area contributed by atoms with E-state index in [0.717, 1.165) is 48.9 Å². The zero-order valence-corrected chi connectivity index (χ0v) is 18.6. The second-order valence-electron chi connectivity index (χ2n) is 7.97. The van der Waals surface area contributed by atoms with Gasteiger partial charge in [0.1, 0.15) is 4.83 Å². The van der Waals surface area contributed by atoms with Crippen molar-refractivity contribution in [2.24, 2.45) is 7.05 Å². The van der Waals surface area contributed by atoms with Gasteiger partial charge in [-0.15, -0.1) is 11.3 Å². The third-order valence-corrected chi connectivity index (χ3v) is 8.49. The van der Waals surface area contributed by atoms with Crippen molar-refractivity contribution in [3.05, 3.63) is 20.8 Å². The third-order valence-electron chi connectivity index (χ3n) is 6.17. The molecule has 2 heterocycles. The van der Waals surface area contributed by atoms with Gasteiger partial charge in [0, 0.05) is 24.5 Å². The smallest absolute Gasteiger partial charge is 0.262 e. The Morgan fingerprint density at radius 2 is 2.04 bits per heavy atom. The molecule has 4 rings (SSSR count).